The third kappa shape index (κ3) is 4.90. The first-order valence-corrected chi connectivity index (χ1v) is 8.50. The molecule has 27 heavy (non-hydrogen) atoms. The van der Waals surface area contributed by atoms with Gasteiger partial charge in [-0.2, -0.15) is 0 Å². The Bertz CT molecular complexity index is 767. The number of benzene rings is 2. The summed E-state index contributed by atoms with van der Waals surface area (Å²) in [4.78, 5) is 24.1. The van der Waals surface area contributed by atoms with Gasteiger partial charge in [0, 0.05) is 6.42 Å². The van der Waals surface area contributed by atoms with Crippen LogP contribution in [0.1, 0.15) is 27.1 Å². The molecule has 1 N–H and O–H groups in total. The number of ether oxygens (including phenoxy) is 3. The predicted octanol–water partition coefficient (Wildman–Crippen LogP) is 2.51. The number of rotatable bonds is 5. The summed E-state index contributed by atoms with van der Waals surface area (Å²) in [6.45, 7) is -0.411. The van der Waals surface area contributed by atoms with Gasteiger partial charge in [-0.05, 0) is 24.3 Å². The molecule has 4 atom stereocenters. The van der Waals surface area contributed by atoms with Crippen LogP contribution in [0, 0.1) is 0 Å². The Morgan fingerprint density at radius 3 is 2.15 bits per heavy atom. The van der Waals surface area contributed by atoms with E-state index < -0.39 is 43.2 Å². The number of aliphatic hydroxyl groups excluding tert-OH is 1. The lowest BCUT2D eigenvalue weighted by Gasteiger charge is -2.35. The number of carbonyl (C=O) groups excluding carboxylic acids is 2. The molecule has 3 rings (SSSR count). The second-order valence-electron chi connectivity index (χ2n) is 6.08. The summed E-state index contributed by atoms with van der Waals surface area (Å²) in [6, 6.07) is 16.4. The molecule has 1 unspecified atom stereocenters. The molecule has 1 heterocycles. The molecule has 1 aliphatic rings. The Morgan fingerprint density at radius 2 is 1.56 bits per heavy atom. The summed E-state index contributed by atoms with van der Waals surface area (Å²) >= 11 is 0. The standard InChI is InChI=1S/C20H19FO6/c21-18-15(27-20(24)14-9-5-2-6-10-14)11-17(22)26-16(18)12-25-19(23)13-7-3-1-4-8-13/h1-10,15-18,22H,11-12H2/t15-,16-,17?,18+/m1/s1. The number of alkyl halides is 1. The van der Waals surface area contributed by atoms with Crippen molar-refractivity contribution in [2.45, 2.75) is 31.1 Å². The average Bonchev–Trinajstić information content (AvgIpc) is 2.70. The van der Waals surface area contributed by atoms with Gasteiger partial charge in [0.05, 0.1) is 11.1 Å². The van der Waals surface area contributed by atoms with E-state index in [1.54, 1.807) is 60.7 Å². The molecule has 0 aromatic heterocycles. The molecule has 6 nitrogen and oxygen atoms in total. The highest BCUT2D eigenvalue weighted by Crippen LogP contribution is 2.25. The number of esters is 2. The molecule has 0 aliphatic carbocycles. The zero-order chi connectivity index (χ0) is 19.2. The first-order chi connectivity index (χ1) is 13.0. The summed E-state index contributed by atoms with van der Waals surface area (Å²) in [7, 11) is 0. The van der Waals surface area contributed by atoms with Gasteiger partial charge in [-0.25, -0.2) is 14.0 Å². The van der Waals surface area contributed by atoms with Crippen LogP contribution in [0.4, 0.5) is 4.39 Å². The van der Waals surface area contributed by atoms with E-state index >= 15 is 0 Å². The predicted molar refractivity (Wildman–Crippen MR) is 92.8 cm³/mol. The van der Waals surface area contributed by atoms with Crippen molar-refractivity contribution in [2.75, 3.05) is 6.61 Å². The topological polar surface area (TPSA) is 82.1 Å². The Labute approximate surface area is 155 Å². The molecule has 0 saturated carbocycles. The van der Waals surface area contributed by atoms with Gasteiger partial charge < -0.3 is 19.3 Å². The number of carbonyl (C=O) groups is 2. The Morgan fingerprint density at radius 1 is 1.00 bits per heavy atom. The fourth-order valence-electron chi connectivity index (χ4n) is 2.74. The second kappa shape index (κ2) is 8.75. The van der Waals surface area contributed by atoms with Crippen molar-refractivity contribution in [1.29, 1.82) is 0 Å². The van der Waals surface area contributed by atoms with Crippen molar-refractivity contribution >= 4 is 11.9 Å². The summed E-state index contributed by atoms with van der Waals surface area (Å²) < 4.78 is 30.1. The first kappa shape index (κ1) is 19.0. The number of hydrogen-bond donors (Lipinski definition) is 1. The molecule has 7 heteroatoms. The van der Waals surface area contributed by atoms with Crippen molar-refractivity contribution in [3.63, 3.8) is 0 Å². The Kier molecular flexibility index (Phi) is 6.16. The lowest BCUT2D eigenvalue weighted by Crippen LogP contribution is -2.49. The molecule has 142 valence electrons. The third-order valence-electron chi connectivity index (χ3n) is 4.13. The van der Waals surface area contributed by atoms with E-state index in [4.69, 9.17) is 14.2 Å². The molecule has 0 spiro atoms. The third-order valence-corrected chi connectivity index (χ3v) is 4.13. The first-order valence-electron chi connectivity index (χ1n) is 8.50. The average molecular weight is 374 g/mol. The van der Waals surface area contributed by atoms with Crippen molar-refractivity contribution in [1.82, 2.24) is 0 Å². The van der Waals surface area contributed by atoms with Crippen LogP contribution in [0.25, 0.3) is 0 Å². The van der Waals surface area contributed by atoms with Crippen LogP contribution >= 0.6 is 0 Å². The van der Waals surface area contributed by atoms with Crippen LogP contribution < -0.4 is 0 Å². The van der Waals surface area contributed by atoms with Crippen LogP contribution in [0.5, 0.6) is 0 Å². The monoisotopic (exact) mass is 374 g/mol. The smallest absolute Gasteiger partial charge is 0.338 e. The summed E-state index contributed by atoms with van der Waals surface area (Å²) in [5.41, 5.74) is 0.592. The van der Waals surface area contributed by atoms with Gasteiger partial charge in [-0.1, -0.05) is 36.4 Å². The summed E-state index contributed by atoms with van der Waals surface area (Å²) in [5.74, 6) is -1.33. The van der Waals surface area contributed by atoms with Crippen LogP contribution in [0.15, 0.2) is 60.7 Å². The zero-order valence-electron chi connectivity index (χ0n) is 14.4. The van der Waals surface area contributed by atoms with Crippen molar-refractivity contribution in [2.24, 2.45) is 0 Å². The highest BCUT2D eigenvalue weighted by Gasteiger charge is 2.41. The molecule has 0 bridgehead atoms. The van der Waals surface area contributed by atoms with Gasteiger partial charge in [-0.3, -0.25) is 0 Å². The Balaban J connectivity index is 1.59. The van der Waals surface area contributed by atoms with Crippen molar-refractivity contribution in [3.8, 4) is 0 Å². The van der Waals surface area contributed by atoms with Crippen molar-refractivity contribution < 1.29 is 33.3 Å². The molecular weight excluding hydrogens is 355 g/mol. The SMILES string of the molecule is O=C(OC[C@H]1OC(O)C[C@@H](OC(=O)c2ccccc2)[C@@H]1F)c1ccccc1. The van der Waals surface area contributed by atoms with Gasteiger partial charge in [0.25, 0.3) is 0 Å². The number of hydrogen-bond acceptors (Lipinski definition) is 6. The van der Waals surface area contributed by atoms with E-state index in [1.165, 1.54) is 0 Å². The fraction of sp³-hybridized carbons (Fsp3) is 0.300. The maximum absolute atomic E-state index is 14.7. The van der Waals surface area contributed by atoms with E-state index in [0.717, 1.165) is 0 Å². The van der Waals surface area contributed by atoms with Gasteiger partial charge >= 0.3 is 11.9 Å². The van der Waals surface area contributed by atoms with Crippen molar-refractivity contribution in [3.05, 3.63) is 71.8 Å². The molecule has 1 aliphatic heterocycles. The molecule has 0 amide bonds. The number of halogens is 1. The zero-order valence-corrected chi connectivity index (χ0v) is 14.4. The van der Waals surface area contributed by atoms with Crippen LogP contribution in [0.2, 0.25) is 0 Å². The minimum Gasteiger partial charge on any atom is -0.459 e. The molecule has 1 fully saturated rings. The largest absolute Gasteiger partial charge is 0.459 e. The Hall–Kier alpha value is -2.77. The molecular formula is C20H19FO6. The molecule has 0 radical (unpaired) electrons. The number of aliphatic hydroxyl groups is 1. The summed E-state index contributed by atoms with van der Waals surface area (Å²) in [5, 5.41) is 9.81. The maximum Gasteiger partial charge on any atom is 0.338 e. The molecule has 1 saturated heterocycles. The van der Waals surface area contributed by atoms with E-state index in [1.807, 2.05) is 0 Å². The van der Waals surface area contributed by atoms with E-state index in [0.29, 0.717) is 5.56 Å². The van der Waals surface area contributed by atoms with Gasteiger partial charge in [0.15, 0.2) is 12.5 Å². The lowest BCUT2D eigenvalue weighted by atomic mass is 10.0. The van der Waals surface area contributed by atoms with Crippen LogP contribution in [-0.2, 0) is 14.2 Å². The van der Waals surface area contributed by atoms with E-state index in [9.17, 15) is 19.1 Å². The van der Waals surface area contributed by atoms with E-state index in [-0.39, 0.29) is 12.0 Å². The van der Waals surface area contributed by atoms with Gasteiger partial charge in [0.1, 0.15) is 18.8 Å². The van der Waals surface area contributed by atoms with Gasteiger partial charge in [-0.15, -0.1) is 0 Å². The van der Waals surface area contributed by atoms with Gasteiger partial charge in [0.2, 0.25) is 0 Å². The second-order valence-corrected chi connectivity index (χ2v) is 6.08. The fourth-order valence-corrected chi connectivity index (χ4v) is 2.74. The normalized spacial score (nSPS) is 24.8. The minimum absolute atomic E-state index is 0.205. The van der Waals surface area contributed by atoms with Crippen LogP contribution in [0.3, 0.4) is 0 Å². The highest BCUT2D eigenvalue weighted by molar-refractivity contribution is 5.89. The van der Waals surface area contributed by atoms with Crippen LogP contribution in [-0.4, -0.2) is 48.3 Å². The molecule has 2 aromatic rings. The van der Waals surface area contributed by atoms with E-state index in [2.05, 4.69) is 0 Å². The maximum atomic E-state index is 14.7. The quantitative estimate of drug-likeness (QED) is 0.810. The molecule has 2 aromatic carbocycles. The minimum atomic E-state index is -1.75. The lowest BCUT2D eigenvalue weighted by molar-refractivity contribution is -0.224. The highest BCUT2D eigenvalue weighted by atomic mass is 19.1. The summed E-state index contributed by atoms with van der Waals surface area (Å²) in [6.07, 6.45) is -5.73.